The van der Waals surface area contributed by atoms with Crippen LogP contribution in [0.1, 0.15) is 44.9 Å². The molecule has 2 aliphatic rings. The summed E-state index contributed by atoms with van der Waals surface area (Å²) in [5, 5.41) is 11.9. The minimum absolute atomic E-state index is 0.176. The van der Waals surface area contributed by atoms with E-state index < -0.39 is 11.4 Å². The van der Waals surface area contributed by atoms with Crippen LogP contribution in [0.25, 0.3) is 0 Å². The highest BCUT2D eigenvalue weighted by Gasteiger charge is 2.36. The molecular weight excluding hydrogens is 246 g/mol. The van der Waals surface area contributed by atoms with E-state index in [4.69, 9.17) is 0 Å². The SMILES string of the molecule is N#CC1(NC(=O)CN2C(=O)CCC2=O)CCCCC1. The first-order valence-electron chi connectivity index (χ1n) is 6.62. The Hall–Kier alpha value is -1.90. The minimum Gasteiger partial charge on any atom is -0.336 e. The fraction of sp³-hybridized carbons (Fsp3) is 0.692. The molecule has 0 atom stereocenters. The first kappa shape index (κ1) is 13.5. The number of rotatable bonds is 3. The monoisotopic (exact) mass is 263 g/mol. The van der Waals surface area contributed by atoms with Crippen molar-refractivity contribution in [3.8, 4) is 6.07 Å². The van der Waals surface area contributed by atoms with Crippen molar-refractivity contribution in [1.82, 2.24) is 10.2 Å². The number of likely N-dealkylation sites (tertiary alicyclic amines) is 1. The van der Waals surface area contributed by atoms with Crippen LogP contribution in [0.15, 0.2) is 0 Å². The molecule has 1 saturated heterocycles. The van der Waals surface area contributed by atoms with Crippen molar-refractivity contribution in [2.75, 3.05) is 6.54 Å². The highest BCUT2D eigenvalue weighted by molar-refractivity contribution is 6.04. The number of carbonyl (C=O) groups excluding carboxylic acids is 3. The van der Waals surface area contributed by atoms with Crippen molar-refractivity contribution in [2.24, 2.45) is 0 Å². The molecule has 0 spiro atoms. The molecule has 6 nitrogen and oxygen atoms in total. The lowest BCUT2D eigenvalue weighted by Crippen LogP contribution is -2.52. The molecule has 2 rings (SSSR count). The number of imide groups is 1. The summed E-state index contributed by atoms with van der Waals surface area (Å²) in [7, 11) is 0. The van der Waals surface area contributed by atoms with Gasteiger partial charge in [0.25, 0.3) is 0 Å². The maximum absolute atomic E-state index is 11.9. The van der Waals surface area contributed by atoms with E-state index in [0.717, 1.165) is 24.2 Å². The number of hydrogen-bond donors (Lipinski definition) is 1. The second-order valence-corrected chi connectivity index (χ2v) is 5.18. The molecular formula is C13H17N3O3. The van der Waals surface area contributed by atoms with Crippen molar-refractivity contribution < 1.29 is 14.4 Å². The maximum atomic E-state index is 11.9. The topological polar surface area (TPSA) is 90.3 Å². The van der Waals surface area contributed by atoms with E-state index in [1.807, 2.05) is 0 Å². The molecule has 1 saturated carbocycles. The highest BCUT2D eigenvalue weighted by atomic mass is 16.2. The van der Waals surface area contributed by atoms with Crippen LogP contribution in [0.3, 0.4) is 0 Å². The zero-order valence-corrected chi connectivity index (χ0v) is 10.8. The number of nitriles is 1. The van der Waals surface area contributed by atoms with Crippen molar-refractivity contribution in [2.45, 2.75) is 50.5 Å². The Morgan fingerprint density at radius 1 is 1.21 bits per heavy atom. The third kappa shape index (κ3) is 2.92. The molecule has 0 radical (unpaired) electrons. The Kier molecular flexibility index (Phi) is 3.84. The van der Waals surface area contributed by atoms with Gasteiger partial charge in [0.15, 0.2) is 0 Å². The number of carbonyl (C=O) groups is 3. The number of nitrogens with zero attached hydrogens (tertiary/aromatic N) is 2. The molecule has 3 amide bonds. The van der Waals surface area contributed by atoms with Crippen LogP contribution in [0, 0.1) is 11.3 Å². The van der Waals surface area contributed by atoms with Crippen LogP contribution in [-0.2, 0) is 14.4 Å². The van der Waals surface area contributed by atoms with E-state index in [1.54, 1.807) is 0 Å². The highest BCUT2D eigenvalue weighted by Crippen LogP contribution is 2.27. The fourth-order valence-electron chi connectivity index (χ4n) is 2.67. The van der Waals surface area contributed by atoms with E-state index in [0.29, 0.717) is 12.8 Å². The Labute approximate surface area is 111 Å². The summed E-state index contributed by atoms with van der Waals surface area (Å²) in [6.07, 6.45) is 4.52. The molecule has 2 fully saturated rings. The summed E-state index contributed by atoms with van der Waals surface area (Å²) in [4.78, 5) is 35.7. The molecule has 0 aromatic rings. The molecule has 102 valence electrons. The number of nitrogens with one attached hydrogen (secondary N) is 1. The molecule has 1 N–H and O–H groups in total. The van der Waals surface area contributed by atoms with Gasteiger partial charge in [-0.3, -0.25) is 19.3 Å². The zero-order chi connectivity index (χ0) is 13.9. The van der Waals surface area contributed by atoms with Crippen LogP contribution in [0.5, 0.6) is 0 Å². The van der Waals surface area contributed by atoms with E-state index in [-0.39, 0.29) is 31.2 Å². The van der Waals surface area contributed by atoms with Gasteiger partial charge in [-0.1, -0.05) is 19.3 Å². The van der Waals surface area contributed by atoms with Gasteiger partial charge in [-0.2, -0.15) is 5.26 Å². The second kappa shape index (κ2) is 5.39. The van der Waals surface area contributed by atoms with E-state index in [1.165, 1.54) is 0 Å². The van der Waals surface area contributed by atoms with Crippen LogP contribution in [0.2, 0.25) is 0 Å². The van der Waals surface area contributed by atoms with Crippen molar-refractivity contribution in [1.29, 1.82) is 5.26 Å². The van der Waals surface area contributed by atoms with Gasteiger partial charge in [0.2, 0.25) is 17.7 Å². The van der Waals surface area contributed by atoms with Gasteiger partial charge in [-0.15, -0.1) is 0 Å². The van der Waals surface area contributed by atoms with Gasteiger partial charge < -0.3 is 5.32 Å². The fourth-order valence-corrected chi connectivity index (χ4v) is 2.67. The molecule has 0 bridgehead atoms. The average molecular weight is 263 g/mol. The molecule has 0 aromatic carbocycles. The van der Waals surface area contributed by atoms with Crippen molar-refractivity contribution in [3.63, 3.8) is 0 Å². The number of hydrogen-bond acceptors (Lipinski definition) is 4. The van der Waals surface area contributed by atoms with Gasteiger partial charge in [-0.05, 0) is 12.8 Å². The summed E-state index contributed by atoms with van der Waals surface area (Å²) in [6, 6.07) is 2.18. The first-order chi connectivity index (χ1) is 9.06. The van der Waals surface area contributed by atoms with Gasteiger partial charge >= 0.3 is 0 Å². The third-order valence-corrected chi connectivity index (χ3v) is 3.76. The quantitative estimate of drug-likeness (QED) is 0.750. The summed E-state index contributed by atoms with van der Waals surface area (Å²) in [6.45, 7) is -0.263. The van der Waals surface area contributed by atoms with Gasteiger partial charge in [0.1, 0.15) is 12.1 Å². The lowest BCUT2D eigenvalue weighted by molar-refractivity contribution is -0.142. The van der Waals surface area contributed by atoms with E-state index in [2.05, 4.69) is 11.4 Å². The summed E-state index contributed by atoms with van der Waals surface area (Å²) >= 11 is 0. The largest absolute Gasteiger partial charge is 0.336 e. The van der Waals surface area contributed by atoms with Crippen LogP contribution in [0.4, 0.5) is 0 Å². The molecule has 0 aromatic heterocycles. The molecule has 6 heteroatoms. The van der Waals surface area contributed by atoms with Crippen molar-refractivity contribution >= 4 is 17.7 Å². The van der Waals surface area contributed by atoms with Crippen molar-refractivity contribution in [3.05, 3.63) is 0 Å². The Balaban J connectivity index is 1.95. The second-order valence-electron chi connectivity index (χ2n) is 5.18. The molecule has 1 heterocycles. The van der Waals surface area contributed by atoms with Crippen LogP contribution >= 0.6 is 0 Å². The average Bonchev–Trinajstić information content (AvgIpc) is 2.71. The van der Waals surface area contributed by atoms with Gasteiger partial charge in [0, 0.05) is 12.8 Å². The Bertz CT molecular complexity index is 431. The smallest absolute Gasteiger partial charge is 0.241 e. The standard InChI is InChI=1S/C13H17N3O3/c14-9-13(6-2-1-3-7-13)15-10(17)8-16-11(18)4-5-12(16)19/h1-8H2,(H,15,17). The van der Waals surface area contributed by atoms with Crippen LogP contribution in [-0.4, -0.2) is 34.7 Å². The summed E-state index contributed by atoms with van der Waals surface area (Å²) in [5.41, 5.74) is -0.818. The van der Waals surface area contributed by atoms with Gasteiger partial charge in [0.05, 0.1) is 6.07 Å². The lowest BCUT2D eigenvalue weighted by atomic mass is 9.83. The Morgan fingerprint density at radius 2 is 1.79 bits per heavy atom. The predicted molar refractivity (Wildman–Crippen MR) is 65.5 cm³/mol. The molecule has 1 aliphatic heterocycles. The van der Waals surface area contributed by atoms with E-state index >= 15 is 0 Å². The summed E-state index contributed by atoms with van der Waals surface area (Å²) in [5.74, 6) is -1.04. The summed E-state index contributed by atoms with van der Waals surface area (Å²) < 4.78 is 0. The van der Waals surface area contributed by atoms with E-state index in [9.17, 15) is 19.6 Å². The predicted octanol–water partition coefficient (Wildman–Crippen LogP) is 0.478. The zero-order valence-electron chi connectivity index (χ0n) is 10.8. The normalized spacial score (nSPS) is 22.2. The Morgan fingerprint density at radius 3 is 2.32 bits per heavy atom. The number of amides is 3. The third-order valence-electron chi connectivity index (χ3n) is 3.76. The first-order valence-corrected chi connectivity index (χ1v) is 6.62. The molecule has 0 unspecified atom stereocenters. The van der Waals surface area contributed by atoms with Crippen LogP contribution < -0.4 is 5.32 Å². The molecule has 19 heavy (non-hydrogen) atoms. The van der Waals surface area contributed by atoms with Gasteiger partial charge in [-0.25, -0.2) is 0 Å². The lowest BCUT2D eigenvalue weighted by Gasteiger charge is -2.32. The molecule has 1 aliphatic carbocycles. The maximum Gasteiger partial charge on any atom is 0.241 e. The minimum atomic E-state index is -0.818.